The number of methoxy groups -OCH3 is 1. The molecule has 1 amide bonds. The van der Waals surface area contributed by atoms with Crippen LogP contribution in [0.3, 0.4) is 0 Å². The molecule has 0 spiro atoms. The number of hydrogen-bond donors (Lipinski definition) is 0. The third kappa shape index (κ3) is 3.88. The van der Waals surface area contributed by atoms with Gasteiger partial charge in [0.15, 0.2) is 0 Å². The van der Waals surface area contributed by atoms with Gasteiger partial charge in [0.2, 0.25) is 5.91 Å². The first-order valence-corrected chi connectivity index (χ1v) is 10.4. The highest BCUT2D eigenvalue weighted by Crippen LogP contribution is 2.39. The zero-order valence-corrected chi connectivity index (χ0v) is 17.4. The normalized spacial score (nSPS) is 24.4. The maximum Gasteiger partial charge on any atom is 0.227 e. The minimum atomic E-state index is -0.219. The molecule has 2 aliphatic rings. The summed E-state index contributed by atoms with van der Waals surface area (Å²) in [5.74, 6) is 1.01. The molecule has 0 aromatic heterocycles. The Morgan fingerprint density at radius 2 is 1.97 bits per heavy atom. The van der Waals surface area contributed by atoms with Crippen LogP contribution in [0.4, 0.5) is 4.39 Å². The quantitative estimate of drug-likeness (QED) is 0.789. The van der Waals surface area contributed by atoms with E-state index in [4.69, 9.17) is 4.74 Å². The molecule has 2 aromatic rings. The summed E-state index contributed by atoms with van der Waals surface area (Å²) in [6.45, 7) is 3.73. The molecule has 2 fully saturated rings. The Morgan fingerprint density at radius 3 is 2.66 bits per heavy atom. The molecule has 0 radical (unpaired) electrons. The van der Waals surface area contributed by atoms with Crippen molar-refractivity contribution < 1.29 is 13.9 Å². The number of fused-ring (bicyclic) bond motifs is 1. The molecule has 29 heavy (non-hydrogen) atoms. The Morgan fingerprint density at radius 1 is 1.21 bits per heavy atom. The summed E-state index contributed by atoms with van der Waals surface area (Å²) in [4.78, 5) is 17.7. The summed E-state index contributed by atoms with van der Waals surface area (Å²) in [7, 11) is 3.81. The van der Waals surface area contributed by atoms with Crippen LogP contribution in [0.5, 0.6) is 5.75 Å². The Balaban J connectivity index is 1.57. The third-order valence-electron chi connectivity index (χ3n) is 6.55. The first-order chi connectivity index (χ1) is 14.0. The summed E-state index contributed by atoms with van der Waals surface area (Å²) < 4.78 is 18.8. The van der Waals surface area contributed by atoms with Gasteiger partial charge in [-0.1, -0.05) is 24.3 Å². The van der Waals surface area contributed by atoms with Crippen molar-refractivity contribution in [3.63, 3.8) is 0 Å². The molecule has 0 N–H and O–H groups in total. The number of likely N-dealkylation sites (N-methyl/N-ethyl adjacent to an activating group) is 1. The average Bonchev–Trinajstić information content (AvgIpc) is 3.10. The highest BCUT2D eigenvalue weighted by molar-refractivity contribution is 5.80. The predicted octanol–water partition coefficient (Wildman–Crippen LogP) is 3.77. The maximum absolute atomic E-state index is 13.4. The largest absolute Gasteiger partial charge is 0.496 e. The van der Waals surface area contributed by atoms with Gasteiger partial charge in [0.1, 0.15) is 11.6 Å². The van der Waals surface area contributed by atoms with Crippen molar-refractivity contribution in [1.82, 2.24) is 9.80 Å². The molecule has 0 saturated carbocycles. The van der Waals surface area contributed by atoms with E-state index in [-0.39, 0.29) is 29.7 Å². The van der Waals surface area contributed by atoms with Crippen LogP contribution in [0.1, 0.15) is 35.4 Å². The number of rotatable bonds is 4. The fraction of sp³-hybridized carbons (Fsp3) is 0.458. The van der Waals surface area contributed by atoms with Crippen molar-refractivity contribution in [3.8, 4) is 5.75 Å². The predicted molar refractivity (Wildman–Crippen MR) is 112 cm³/mol. The van der Waals surface area contributed by atoms with Gasteiger partial charge in [-0.3, -0.25) is 4.79 Å². The van der Waals surface area contributed by atoms with E-state index in [1.165, 1.54) is 12.1 Å². The summed E-state index contributed by atoms with van der Waals surface area (Å²) in [6.07, 6.45) is 2.52. The van der Waals surface area contributed by atoms with Crippen LogP contribution in [0, 0.1) is 12.7 Å². The van der Waals surface area contributed by atoms with Gasteiger partial charge in [0.25, 0.3) is 0 Å². The molecule has 0 aliphatic carbocycles. The van der Waals surface area contributed by atoms with E-state index < -0.39 is 0 Å². The van der Waals surface area contributed by atoms with Crippen molar-refractivity contribution in [2.24, 2.45) is 0 Å². The third-order valence-corrected chi connectivity index (χ3v) is 6.55. The van der Waals surface area contributed by atoms with Crippen LogP contribution >= 0.6 is 0 Å². The van der Waals surface area contributed by atoms with Gasteiger partial charge in [0.05, 0.1) is 13.5 Å². The lowest BCUT2D eigenvalue weighted by molar-refractivity contribution is -0.132. The fourth-order valence-electron chi connectivity index (χ4n) is 5.16. The van der Waals surface area contributed by atoms with E-state index in [0.717, 1.165) is 41.8 Å². The van der Waals surface area contributed by atoms with Crippen molar-refractivity contribution in [3.05, 3.63) is 65.0 Å². The second-order valence-corrected chi connectivity index (χ2v) is 8.37. The van der Waals surface area contributed by atoms with Gasteiger partial charge in [-0.05, 0) is 68.2 Å². The van der Waals surface area contributed by atoms with Gasteiger partial charge >= 0.3 is 0 Å². The number of carbonyl (C=O) groups excluding carboxylic acids is 1. The molecule has 0 bridgehead atoms. The second-order valence-electron chi connectivity index (χ2n) is 8.37. The SMILES string of the molecule is COc1ccc(CC(=O)N2CC(c3ccc(F)cc3)C3C2CCCN3C)cc1C. The number of hydrogen-bond acceptors (Lipinski definition) is 3. The minimum Gasteiger partial charge on any atom is -0.496 e. The fourth-order valence-corrected chi connectivity index (χ4v) is 5.16. The van der Waals surface area contributed by atoms with Crippen molar-refractivity contribution >= 4 is 5.91 Å². The lowest BCUT2D eigenvalue weighted by atomic mass is 9.86. The molecule has 2 heterocycles. The van der Waals surface area contributed by atoms with Gasteiger partial charge in [-0.25, -0.2) is 4.39 Å². The first-order valence-electron chi connectivity index (χ1n) is 10.4. The van der Waals surface area contributed by atoms with E-state index in [0.29, 0.717) is 13.0 Å². The molecule has 3 atom stereocenters. The second kappa shape index (κ2) is 8.15. The van der Waals surface area contributed by atoms with E-state index >= 15 is 0 Å². The van der Waals surface area contributed by atoms with Gasteiger partial charge in [0, 0.05) is 24.5 Å². The minimum absolute atomic E-state index is 0.171. The molecular formula is C24H29FN2O2. The maximum atomic E-state index is 13.4. The highest BCUT2D eigenvalue weighted by Gasteiger charge is 2.47. The standard InChI is InChI=1S/C24H29FN2O2/c1-16-13-17(6-11-22(16)29-3)14-23(28)27-15-20(18-7-9-19(25)10-8-18)24-21(27)5-4-12-26(24)2/h6-11,13,20-21,24H,4-5,12,14-15H2,1-3H3. The van der Waals surface area contributed by atoms with E-state index in [1.807, 2.05) is 37.3 Å². The zero-order valence-electron chi connectivity index (χ0n) is 17.4. The first kappa shape index (κ1) is 19.9. The molecule has 4 rings (SSSR count). The summed E-state index contributed by atoms with van der Waals surface area (Å²) in [6, 6.07) is 13.2. The van der Waals surface area contributed by atoms with Gasteiger partial charge in [-0.2, -0.15) is 0 Å². The Kier molecular flexibility index (Phi) is 5.59. The summed E-state index contributed by atoms with van der Waals surface area (Å²) in [5, 5.41) is 0. The number of piperidine rings is 1. The van der Waals surface area contributed by atoms with Crippen LogP contribution in [0.2, 0.25) is 0 Å². The molecule has 154 valence electrons. The van der Waals surface area contributed by atoms with E-state index in [1.54, 1.807) is 7.11 Å². The number of ether oxygens (including phenoxy) is 1. The number of aryl methyl sites for hydroxylation is 1. The molecule has 2 aromatic carbocycles. The Bertz CT molecular complexity index is 883. The molecule has 2 saturated heterocycles. The summed E-state index contributed by atoms with van der Waals surface area (Å²) in [5.41, 5.74) is 3.17. The molecule has 5 heteroatoms. The van der Waals surface area contributed by atoms with Gasteiger partial charge < -0.3 is 14.5 Å². The molecular weight excluding hydrogens is 367 g/mol. The molecule has 4 nitrogen and oxygen atoms in total. The molecule has 3 unspecified atom stereocenters. The van der Waals surface area contributed by atoms with E-state index in [9.17, 15) is 9.18 Å². The topological polar surface area (TPSA) is 32.8 Å². The Labute approximate surface area is 172 Å². The van der Waals surface area contributed by atoms with Crippen LogP contribution in [0.25, 0.3) is 0 Å². The number of amides is 1. The van der Waals surface area contributed by atoms with Crippen LogP contribution in [0.15, 0.2) is 42.5 Å². The smallest absolute Gasteiger partial charge is 0.227 e. The van der Waals surface area contributed by atoms with Crippen LogP contribution < -0.4 is 4.74 Å². The average molecular weight is 397 g/mol. The number of likely N-dealkylation sites (tertiary alicyclic amines) is 2. The van der Waals surface area contributed by atoms with Crippen LogP contribution in [-0.4, -0.2) is 55.0 Å². The molecule has 2 aliphatic heterocycles. The van der Waals surface area contributed by atoms with Gasteiger partial charge in [-0.15, -0.1) is 0 Å². The number of nitrogens with zero attached hydrogens (tertiary/aromatic N) is 2. The summed E-state index contributed by atoms with van der Waals surface area (Å²) >= 11 is 0. The van der Waals surface area contributed by atoms with Crippen molar-refractivity contribution in [2.75, 3.05) is 27.2 Å². The lowest BCUT2D eigenvalue weighted by Crippen LogP contribution is -2.50. The monoisotopic (exact) mass is 396 g/mol. The van der Waals surface area contributed by atoms with Crippen molar-refractivity contribution in [1.29, 1.82) is 0 Å². The Hall–Kier alpha value is -2.40. The van der Waals surface area contributed by atoms with Crippen molar-refractivity contribution in [2.45, 2.75) is 44.2 Å². The van der Waals surface area contributed by atoms with Crippen LogP contribution in [-0.2, 0) is 11.2 Å². The number of benzene rings is 2. The lowest BCUT2D eigenvalue weighted by Gasteiger charge is -2.39. The number of halogens is 1. The number of carbonyl (C=O) groups is 1. The highest BCUT2D eigenvalue weighted by atomic mass is 19.1. The zero-order chi connectivity index (χ0) is 20.5. The van der Waals surface area contributed by atoms with E-state index in [2.05, 4.69) is 16.8 Å².